The van der Waals surface area contributed by atoms with Crippen LogP contribution < -0.4 is 10.2 Å². The van der Waals surface area contributed by atoms with Gasteiger partial charge in [0.15, 0.2) is 6.61 Å². The van der Waals surface area contributed by atoms with E-state index in [2.05, 4.69) is 15.5 Å². The fraction of sp³-hybridized carbons (Fsp3) is 0.182. The van der Waals surface area contributed by atoms with Crippen molar-refractivity contribution in [1.82, 2.24) is 10.2 Å². The zero-order valence-corrected chi connectivity index (χ0v) is 16.3. The molecular formula is C22H20N4O4. The summed E-state index contributed by atoms with van der Waals surface area (Å²) < 4.78 is 5.22. The van der Waals surface area contributed by atoms with Gasteiger partial charge in [-0.3, -0.25) is 14.7 Å². The van der Waals surface area contributed by atoms with Crippen molar-refractivity contribution >= 4 is 29.2 Å². The van der Waals surface area contributed by atoms with Crippen molar-refractivity contribution in [3.63, 3.8) is 0 Å². The third-order valence-corrected chi connectivity index (χ3v) is 4.82. The van der Waals surface area contributed by atoms with Gasteiger partial charge in [-0.15, -0.1) is 0 Å². The largest absolute Gasteiger partial charge is 0.451 e. The van der Waals surface area contributed by atoms with Crippen LogP contribution in [-0.4, -0.2) is 40.6 Å². The maximum Gasteiger partial charge on any atom is 0.356 e. The van der Waals surface area contributed by atoms with E-state index in [1.807, 2.05) is 30.3 Å². The molecule has 0 unspecified atom stereocenters. The molecule has 1 aromatic heterocycles. The lowest BCUT2D eigenvalue weighted by atomic mass is 10.1. The van der Waals surface area contributed by atoms with E-state index in [1.54, 1.807) is 37.3 Å². The minimum Gasteiger partial charge on any atom is -0.451 e. The molecule has 0 radical (unpaired) electrons. The fourth-order valence-electron chi connectivity index (χ4n) is 3.43. The summed E-state index contributed by atoms with van der Waals surface area (Å²) in [6, 6.07) is 17.6. The number of hydrogen-bond acceptors (Lipinski definition) is 5. The minimum atomic E-state index is -0.678. The van der Waals surface area contributed by atoms with Gasteiger partial charge in [0, 0.05) is 18.0 Å². The van der Waals surface area contributed by atoms with Gasteiger partial charge < -0.3 is 15.0 Å². The Kier molecular flexibility index (Phi) is 5.30. The van der Waals surface area contributed by atoms with Gasteiger partial charge in [-0.25, -0.2) is 4.79 Å². The molecule has 2 amide bonds. The molecule has 3 aromatic rings. The van der Waals surface area contributed by atoms with E-state index in [4.69, 9.17) is 4.74 Å². The lowest BCUT2D eigenvalue weighted by Gasteiger charge is -2.27. The summed E-state index contributed by atoms with van der Waals surface area (Å²) in [5.41, 5.74) is 2.74. The highest BCUT2D eigenvalue weighted by atomic mass is 16.5. The van der Waals surface area contributed by atoms with Gasteiger partial charge in [-0.05, 0) is 25.1 Å². The maximum absolute atomic E-state index is 12.9. The van der Waals surface area contributed by atoms with Gasteiger partial charge in [0.05, 0.1) is 17.1 Å². The highest BCUT2D eigenvalue weighted by Crippen LogP contribution is 2.31. The Bertz CT molecular complexity index is 1090. The summed E-state index contributed by atoms with van der Waals surface area (Å²) >= 11 is 0. The van der Waals surface area contributed by atoms with E-state index < -0.39 is 18.5 Å². The van der Waals surface area contributed by atoms with Crippen molar-refractivity contribution in [2.75, 3.05) is 16.8 Å². The first-order chi connectivity index (χ1) is 14.5. The number of aromatic nitrogens is 2. The van der Waals surface area contributed by atoms with Crippen molar-refractivity contribution in [1.29, 1.82) is 0 Å². The number of para-hydroxylation sites is 2. The summed E-state index contributed by atoms with van der Waals surface area (Å²) in [7, 11) is 0. The van der Waals surface area contributed by atoms with Crippen LogP contribution in [0.2, 0.25) is 0 Å². The summed E-state index contributed by atoms with van der Waals surface area (Å²) in [5.74, 6) is -1.27. The zero-order chi connectivity index (χ0) is 21.1. The average Bonchev–Trinajstić information content (AvgIpc) is 3.19. The lowest BCUT2D eigenvalue weighted by Crippen LogP contribution is -2.41. The van der Waals surface area contributed by atoms with Gasteiger partial charge >= 0.3 is 5.97 Å². The van der Waals surface area contributed by atoms with Crippen LogP contribution in [0.3, 0.4) is 0 Å². The van der Waals surface area contributed by atoms with Gasteiger partial charge in [-0.2, -0.15) is 5.10 Å². The van der Waals surface area contributed by atoms with Crippen molar-refractivity contribution in [3.8, 4) is 11.3 Å². The predicted molar refractivity (Wildman–Crippen MR) is 111 cm³/mol. The third-order valence-electron chi connectivity index (χ3n) is 4.82. The third kappa shape index (κ3) is 3.93. The molecule has 8 heteroatoms. The lowest BCUT2D eigenvalue weighted by molar-refractivity contribution is -0.122. The Balaban J connectivity index is 1.46. The molecule has 1 atom stereocenters. The number of benzene rings is 2. The number of rotatable bonds is 4. The molecule has 1 aliphatic heterocycles. The molecule has 8 nitrogen and oxygen atoms in total. The zero-order valence-electron chi connectivity index (χ0n) is 16.3. The van der Waals surface area contributed by atoms with Crippen LogP contribution in [0.1, 0.15) is 23.8 Å². The number of hydrogen-bond donors (Lipinski definition) is 2. The normalized spacial score (nSPS) is 15.7. The molecule has 0 saturated carbocycles. The number of fused-ring (bicyclic) bond motifs is 1. The van der Waals surface area contributed by atoms with Crippen LogP contribution in [0.4, 0.5) is 11.4 Å². The van der Waals surface area contributed by atoms with E-state index in [1.165, 1.54) is 4.90 Å². The van der Waals surface area contributed by atoms with Crippen LogP contribution in [0.5, 0.6) is 0 Å². The number of H-pyrrole nitrogens is 1. The van der Waals surface area contributed by atoms with Crippen LogP contribution in [0, 0.1) is 0 Å². The molecule has 4 rings (SSSR count). The molecule has 0 saturated heterocycles. The number of nitrogens with zero attached hydrogens (tertiary/aromatic N) is 2. The summed E-state index contributed by atoms with van der Waals surface area (Å²) in [6.45, 7) is 1.33. The van der Waals surface area contributed by atoms with E-state index in [0.29, 0.717) is 17.1 Å². The first-order valence-corrected chi connectivity index (χ1v) is 9.52. The fourth-order valence-corrected chi connectivity index (χ4v) is 3.43. The highest BCUT2D eigenvalue weighted by Gasteiger charge is 2.30. The van der Waals surface area contributed by atoms with E-state index >= 15 is 0 Å². The van der Waals surface area contributed by atoms with E-state index in [9.17, 15) is 14.4 Å². The Morgan fingerprint density at radius 1 is 1.13 bits per heavy atom. The molecule has 2 N–H and O–H groups in total. The van der Waals surface area contributed by atoms with Crippen molar-refractivity contribution in [3.05, 3.63) is 66.4 Å². The first-order valence-electron chi connectivity index (χ1n) is 9.52. The molecule has 0 spiro atoms. The minimum absolute atomic E-state index is 0.148. The summed E-state index contributed by atoms with van der Waals surface area (Å²) in [6.07, 6.45) is 0.148. The summed E-state index contributed by atoms with van der Waals surface area (Å²) in [5, 5.41) is 9.56. The second kappa shape index (κ2) is 8.20. The van der Waals surface area contributed by atoms with Crippen LogP contribution in [0.25, 0.3) is 11.3 Å². The van der Waals surface area contributed by atoms with Gasteiger partial charge in [0.1, 0.15) is 5.69 Å². The van der Waals surface area contributed by atoms with Gasteiger partial charge in [-0.1, -0.05) is 42.5 Å². The van der Waals surface area contributed by atoms with Crippen LogP contribution in [0.15, 0.2) is 60.7 Å². The Hall–Kier alpha value is -3.94. The average molecular weight is 404 g/mol. The van der Waals surface area contributed by atoms with Gasteiger partial charge in [0.2, 0.25) is 5.91 Å². The number of nitrogens with one attached hydrogen (secondary N) is 2. The molecule has 30 heavy (non-hydrogen) atoms. The number of carbonyl (C=O) groups is 3. The SMILES string of the molecule is C[C@@H]1CC(=O)Nc2ccccc2N1C(=O)COC(=O)c1cc(-c2ccccc2)n[nH]1. The van der Waals surface area contributed by atoms with Gasteiger partial charge in [0.25, 0.3) is 5.91 Å². The second-order valence-electron chi connectivity index (χ2n) is 6.99. The molecule has 1 aliphatic rings. The standard InChI is InChI=1S/C22H20N4O4/c1-14-11-20(27)23-16-9-5-6-10-19(16)26(14)21(28)13-30-22(29)18-12-17(24-25-18)15-7-3-2-4-8-15/h2-10,12,14H,11,13H2,1H3,(H,23,27)(H,24,25)/t14-/m1/s1. The van der Waals surface area contributed by atoms with Crippen molar-refractivity contribution in [2.45, 2.75) is 19.4 Å². The number of ether oxygens (including phenoxy) is 1. The van der Waals surface area contributed by atoms with E-state index in [-0.39, 0.29) is 24.1 Å². The number of carbonyl (C=O) groups excluding carboxylic acids is 3. The number of anilines is 2. The Morgan fingerprint density at radius 2 is 1.87 bits per heavy atom. The molecule has 0 aliphatic carbocycles. The monoisotopic (exact) mass is 404 g/mol. The smallest absolute Gasteiger partial charge is 0.356 e. The van der Waals surface area contributed by atoms with Crippen LogP contribution >= 0.6 is 0 Å². The summed E-state index contributed by atoms with van der Waals surface area (Å²) in [4.78, 5) is 38.8. The Labute approximate surface area is 172 Å². The number of aromatic amines is 1. The van der Waals surface area contributed by atoms with Crippen molar-refractivity contribution in [2.24, 2.45) is 0 Å². The molecule has 0 bridgehead atoms. The molecular weight excluding hydrogens is 384 g/mol. The number of amides is 2. The topological polar surface area (TPSA) is 104 Å². The second-order valence-corrected chi connectivity index (χ2v) is 6.99. The molecule has 152 valence electrons. The quantitative estimate of drug-likeness (QED) is 0.651. The Morgan fingerprint density at radius 3 is 2.67 bits per heavy atom. The first kappa shape index (κ1) is 19.4. The predicted octanol–water partition coefficient (Wildman–Crippen LogP) is 3.00. The molecule has 2 heterocycles. The van der Waals surface area contributed by atoms with E-state index in [0.717, 1.165) is 5.56 Å². The highest BCUT2D eigenvalue weighted by molar-refractivity contribution is 6.05. The molecule has 2 aromatic carbocycles. The number of esters is 1. The molecule has 0 fully saturated rings. The van der Waals surface area contributed by atoms with Crippen molar-refractivity contribution < 1.29 is 19.1 Å². The maximum atomic E-state index is 12.9. The van der Waals surface area contributed by atoms with Crippen LogP contribution in [-0.2, 0) is 14.3 Å².